The van der Waals surface area contributed by atoms with E-state index in [1.54, 1.807) is 0 Å². The Labute approximate surface area is 99.3 Å². The lowest BCUT2D eigenvalue weighted by atomic mass is 10.1. The van der Waals surface area contributed by atoms with Gasteiger partial charge >= 0.3 is 0 Å². The third-order valence-corrected chi connectivity index (χ3v) is 3.86. The molecular formula is C11H17N3OS. The predicted octanol–water partition coefficient (Wildman–Crippen LogP) is 2.40. The van der Waals surface area contributed by atoms with Gasteiger partial charge in [0.2, 0.25) is 0 Å². The number of nitrogens with two attached hydrogens (primary N) is 1. The van der Waals surface area contributed by atoms with E-state index in [-0.39, 0.29) is 11.9 Å². The lowest BCUT2D eigenvalue weighted by Gasteiger charge is -2.04. The highest BCUT2D eigenvalue weighted by molar-refractivity contribution is 7.13. The highest BCUT2D eigenvalue weighted by atomic mass is 32.1. The van der Waals surface area contributed by atoms with E-state index in [1.165, 1.54) is 11.3 Å². The molecule has 0 amide bonds. The van der Waals surface area contributed by atoms with Crippen LogP contribution < -0.4 is 5.73 Å². The highest BCUT2D eigenvalue weighted by Crippen LogP contribution is 2.34. The number of nitrogen functional groups attached to an aromatic ring is 1. The van der Waals surface area contributed by atoms with Gasteiger partial charge in [-0.2, -0.15) is 0 Å². The molecule has 0 aliphatic carbocycles. The summed E-state index contributed by atoms with van der Waals surface area (Å²) in [6.45, 7) is 4.96. The molecule has 2 heterocycles. The smallest absolute Gasteiger partial charge is 0.135 e. The zero-order valence-electron chi connectivity index (χ0n) is 9.62. The molecule has 0 spiro atoms. The molecule has 4 nitrogen and oxygen atoms in total. The molecule has 88 valence electrons. The standard InChI is InChI=1S/C11H17N3OS/c1-6(2)8-9(10(12)13)16-11(14-8)7-4-3-5-15-7/h6-7H,3-5H2,1-2H3,(H3,12,13). The third kappa shape index (κ3) is 2.10. The monoisotopic (exact) mass is 239 g/mol. The normalized spacial score (nSPS) is 20.6. The molecule has 1 aliphatic rings. The summed E-state index contributed by atoms with van der Waals surface area (Å²) < 4.78 is 5.60. The number of nitrogens with zero attached hydrogens (tertiary/aromatic N) is 1. The number of hydrogen-bond acceptors (Lipinski definition) is 4. The number of rotatable bonds is 3. The number of hydrogen-bond donors (Lipinski definition) is 2. The Hall–Kier alpha value is -0.940. The molecule has 2 rings (SSSR count). The van der Waals surface area contributed by atoms with Crippen LogP contribution in [0.15, 0.2) is 0 Å². The Morgan fingerprint density at radius 2 is 2.38 bits per heavy atom. The first-order valence-corrected chi connectivity index (χ1v) is 6.38. The Balaban J connectivity index is 2.34. The summed E-state index contributed by atoms with van der Waals surface area (Å²) in [5.74, 6) is 0.413. The number of ether oxygens (including phenoxy) is 1. The zero-order valence-corrected chi connectivity index (χ0v) is 10.4. The fraction of sp³-hybridized carbons (Fsp3) is 0.636. The molecule has 0 aromatic carbocycles. The van der Waals surface area contributed by atoms with E-state index < -0.39 is 0 Å². The maximum Gasteiger partial charge on any atom is 0.135 e. The minimum absolute atomic E-state index is 0.116. The van der Waals surface area contributed by atoms with Gasteiger partial charge in [-0.1, -0.05) is 13.8 Å². The van der Waals surface area contributed by atoms with Gasteiger partial charge in [-0.3, -0.25) is 5.41 Å². The van der Waals surface area contributed by atoms with Crippen molar-refractivity contribution in [3.05, 3.63) is 15.6 Å². The second-order valence-electron chi connectivity index (χ2n) is 4.34. The highest BCUT2D eigenvalue weighted by Gasteiger charge is 2.24. The molecule has 1 unspecified atom stereocenters. The Bertz CT molecular complexity index is 394. The molecule has 5 heteroatoms. The molecule has 1 aromatic heterocycles. The van der Waals surface area contributed by atoms with Gasteiger partial charge in [-0.05, 0) is 18.8 Å². The second-order valence-corrected chi connectivity index (χ2v) is 5.37. The molecule has 1 atom stereocenters. The first-order valence-electron chi connectivity index (χ1n) is 5.56. The van der Waals surface area contributed by atoms with Crippen molar-refractivity contribution >= 4 is 17.2 Å². The van der Waals surface area contributed by atoms with Crippen LogP contribution in [0, 0.1) is 5.41 Å². The number of amidine groups is 1. The maximum atomic E-state index is 7.56. The number of nitrogens with one attached hydrogen (secondary N) is 1. The Kier molecular flexibility index (Phi) is 3.25. The molecule has 16 heavy (non-hydrogen) atoms. The van der Waals surface area contributed by atoms with Crippen LogP contribution in [0.25, 0.3) is 0 Å². The predicted molar refractivity (Wildman–Crippen MR) is 65.1 cm³/mol. The summed E-state index contributed by atoms with van der Waals surface area (Å²) in [6, 6.07) is 0. The largest absolute Gasteiger partial charge is 0.383 e. The fourth-order valence-electron chi connectivity index (χ4n) is 1.84. The summed E-state index contributed by atoms with van der Waals surface area (Å²) in [6.07, 6.45) is 2.24. The van der Waals surface area contributed by atoms with E-state index in [1.807, 2.05) is 0 Å². The van der Waals surface area contributed by atoms with Crippen molar-refractivity contribution in [3.63, 3.8) is 0 Å². The second kappa shape index (κ2) is 4.51. The van der Waals surface area contributed by atoms with E-state index >= 15 is 0 Å². The van der Waals surface area contributed by atoms with Crippen LogP contribution in [0.3, 0.4) is 0 Å². The molecular weight excluding hydrogens is 222 g/mol. The lowest BCUT2D eigenvalue weighted by Crippen LogP contribution is -2.12. The summed E-state index contributed by atoms with van der Waals surface area (Å²) in [5, 5.41) is 8.54. The zero-order chi connectivity index (χ0) is 11.7. The molecule has 0 bridgehead atoms. The van der Waals surface area contributed by atoms with Crippen LogP contribution in [-0.4, -0.2) is 17.4 Å². The van der Waals surface area contributed by atoms with Crippen LogP contribution in [0.4, 0.5) is 0 Å². The molecule has 1 aromatic rings. The summed E-state index contributed by atoms with van der Waals surface area (Å²) in [7, 11) is 0. The molecule has 0 radical (unpaired) electrons. The minimum atomic E-state index is 0.116. The Morgan fingerprint density at radius 3 is 2.81 bits per heavy atom. The van der Waals surface area contributed by atoms with E-state index in [0.717, 1.165) is 35.0 Å². The average Bonchev–Trinajstić information content (AvgIpc) is 2.86. The summed E-state index contributed by atoms with van der Waals surface area (Å²) in [4.78, 5) is 5.39. The van der Waals surface area contributed by atoms with Crippen molar-refractivity contribution < 1.29 is 4.74 Å². The van der Waals surface area contributed by atoms with Crippen LogP contribution in [0.2, 0.25) is 0 Å². The van der Waals surface area contributed by atoms with Gasteiger partial charge < -0.3 is 10.5 Å². The first kappa shape index (κ1) is 11.5. The van der Waals surface area contributed by atoms with Crippen molar-refractivity contribution in [3.8, 4) is 0 Å². The van der Waals surface area contributed by atoms with Gasteiger partial charge in [0.25, 0.3) is 0 Å². The summed E-state index contributed by atoms with van der Waals surface area (Å²) >= 11 is 1.51. The van der Waals surface area contributed by atoms with Crippen LogP contribution in [-0.2, 0) is 4.74 Å². The molecule has 1 aliphatic heterocycles. The first-order chi connectivity index (χ1) is 7.59. The van der Waals surface area contributed by atoms with Gasteiger partial charge in [-0.25, -0.2) is 4.98 Å². The van der Waals surface area contributed by atoms with Crippen molar-refractivity contribution in [1.29, 1.82) is 5.41 Å². The fourth-order valence-corrected chi connectivity index (χ4v) is 3.01. The SMILES string of the molecule is CC(C)c1nc(C2CCCO2)sc1C(=N)N. The van der Waals surface area contributed by atoms with Gasteiger partial charge in [0.05, 0.1) is 10.6 Å². The molecule has 1 fully saturated rings. The van der Waals surface area contributed by atoms with Crippen molar-refractivity contribution in [1.82, 2.24) is 4.98 Å². The average molecular weight is 239 g/mol. The van der Waals surface area contributed by atoms with Gasteiger partial charge in [-0.15, -0.1) is 11.3 Å². The molecule has 1 saturated heterocycles. The van der Waals surface area contributed by atoms with E-state index in [0.29, 0.717) is 5.92 Å². The van der Waals surface area contributed by atoms with Crippen molar-refractivity contribution in [2.75, 3.05) is 6.61 Å². The summed E-state index contributed by atoms with van der Waals surface area (Å²) in [5.41, 5.74) is 6.51. The van der Waals surface area contributed by atoms with Crippen LogP contribution in [0.5, 0.6) is 0 Å². The van der Waals surface area contributed by atoms with Crippen LogP contribution in [0.1, 0.15) is 54.3 Å². The third-order valence-electron chi connectivity index (χ3n) is 2.67. The maximum absolute atomic E-state index is 7.56. The number of thiazole rings is 1. The molecule has 3 N–H and O–H groups in total. The van der Waals surface area contributed by atoms with E-state index in [2.05, 4.69) is 18.8 Å². The lowest BCUT2D eigenvalue weighted by molar-refractivity contribution is 0.111. The topological polar surface area (TPSA) is 72.0 Å². The van der Waals surface area contributed by atoms with Crippen LogP contribution >= 0.6 is 11.3 Å². The van der Waals surface area contributed by atoms with Gasteiger partial charge in [0.15, 0.2) is 0 Å². The van der Waals surface area contributed by atoms with Crippen molar-refractivity contribution in [2.45, 2.75) is 38.7 Å². The number of aromatic nitrogens is 1. The van der Waals surface area contributed by atoms with Gasteiger partial charge in [0.1, 0.15) is 16.9 Å². The van der Waals surface area contributed by atoms with E-state index in [9.17, 15) is 0 Å². The van der Waals surface area contributed by atoms with Gasteiger partial charge in [0, 0.05) is 6.61 Å². The van der Waals surface area contributed by atoms with E-state index in [4.69, 9.17) is 15.9 Å². The minimum Gasteiger partial charge on any atom is -0.383 e. The Morgan fingerprint density at radius 1 is 1.62 bits per heavy atom. The molecule has 0 saturated carbocycles. The quantitative estimate of drug-likeness (QED) is 0.628. The van der Waals surface area contributed by atoms with Crippen molar-refractivity contribution in [2.24, 2.45) is 5.73 Å².